The van der Waals surface area contributed by atoms with Gasteiger partial charge in [-0.2, -0.15) is 0 Å². The number of H-pyrrole nitrogens is 1. The van der Waals surface area contributed by atoms with Crippen molar-refractivity contribution in [1.29, 1.82) is 0 Å². The first-order valence-corrected chi connectivity index (χ1v) is 7.75. The molecule has 2 aromatic rings. The summed E-state index contributed by atoms with van der Waals surface area (Å²) in [6, 6.07) is 9.36. The zero-order chi connectivity index (χ0) is 17.1. The summed E-state index contributed by atoms with van der Waals surface area (Å²) >= 11 is 0. The van der Waals surface area contributed by atoms with Crippen LogP contribution in [0.1, 0.15) is 23.8 Å². The Bertz CT molecular complexity index is 841. The number of aromatic amines is 1. The Balaban J connectivity index is 1.82. The average molecular weight is 329 g/mol. The van der Waals surface area contributed by atoms with Crippen LogP contribution in [-0.4, -0.2) is 39.6 Å². The van der Waals surface area contributed by atoms with Crippen molar-refractivity contribution < 1.29 is 9.84 Å². The fraction of sp³-hybridized carbons (Fsp3) is 0.353. The molecule has 7 nitrogen and oxygen atoms in total. The van der Waals surface area contributed by atoms with Crippen LogP contribution in [0.5, 0.6) is 0 Å². The van der Waals surface area contributed by atoms with Gasteiger partial charge in [-0.3, -0.25) is 19.3 Å². The first-order valence-electron chi connectivity index (χ1n) is 7.75. The normalized spacial score (nSPS) is 23.8. The molecule has 1 aliphatic rings. The third-order valence-electron chi connectivity index (χ3n) is 4.05. The van der Waals surface area contributed by atoms with Crippen LogP contribution < -0.4 is 11.2 Å². The maximum Gasteiger partial charge on any atom is 0.330 e. The maximum absolute atomic E-state index is 12.0. The van der Waals surface area contributed by atoms with Crippen molar-refractivity contribution in [3.8, 4) is 0 Å². The molecule has 2 heterocycles. The first-order chi connectivity index (χ1) is 11.6. The van der Waals surface area contributed by atoms with Crippen molar-refractivity contribution in [3.05, 3.63) is 68.5 Å². The Hall–Kier alpha value is -2.51. The number of hydrogen-bond donors (Lipinski definition) is 2. The Morgan fingerprint density at radius 2 is 2.12 bits per heavy atom. The Kier molecular flexibility index (Phi) is 4.73. The van der Waals surface area contributed by atoms with Crippen LogP contribution in [0.3, 0.4) is 0 Å². The van der Waals surface area contributed by atoms with E-state index in [1.165, 1.54) is 10.8 Å². The highest BCUT2D eigenvalue weighted by atomic mass is 16.5. The molecule has 2 N–H and O–H groups in total. The van der Waals surface area contributed by atoms with Gasteiger partial charge in [-0.25, -0.2) is 4.79 Å². The van der Waals surface area contributed by atoms with Gasteiger partial charge in [0.1, 0.15) is 12.3 Å². The summed E-state index contributed by atoms with van der Waals surface area (Å²) < 4.78 is 7.10. The van der Waals surface area contributed by atoms with Gasteiger partial charge in [0.25, 0.3) is 5.56 Å². The molecule has 1 fully saturated rings. The highest BCUT2D eigenvalue weighted by molar-refractivity contribution is 5.79. The molecule has 0 bridgehead atoms. The summed E-state index contributed by atoms with van der Waals surface area (Å²) in [5.41, 5.74) is 0.441. The van der Waals surface area contributed by atoms with Crippen LogP contribution in [0.4, 0.5) is 0 Å². The van der Waals surface area contributed by atoms with E-state index in [4.69, 9.17) is 4.74 Å². The van der Waals surface area contributed by atoms with Gasteiger partial charge in [0.05, 0.1) is 12.6 Å². The number of rotatable bonds is 4. The zero-order valence-electron chi connectivity index (χ0n) is 13.3. The molecule has 3 rings (SSSR count). The summed E-state index contributed by atoms with van der Waals surface area (Å²) in [6.07, 6.45) is 2.60. The number of aromatic nitrogens is 2. The van der Waals surface area contributed by atoms with E-state index >= 15 is 0 Å². The highest BCUT2D eigenvalue weighted by Gasteiger charge is 2.36. The second kappa shape index (κ2) is 6.94. The quantitative estimate of drug-likeness (QED) is 0.803. The lowest BCUT2D eigenvalue weighted by molar-refractivity contribution is -0.0270. The van der Waals surface area contributed by atoms with Crippen LogP contribution in [0.15, 0.2) is 51.1 Å². The minimum absolute atomic E-state index is 0.190. The maximum atomic E-state index is 12.0. The predicted octanol–water partition coefficient (Wildman–Crippen LogP) is 0.613. The van der Waals surface area contributed by atoms with E-state index in [1.54, 1.807) is 13.1 Å². The summed E-state index contributed by atoms with van der Waals surface area (Å²) in [6.45, 7) is 1.43. The largest absolute Gasteiger partial charge is 0.394 e. The molecule has 1 aromatic carbocycles. The molecule has 0 saturated carbocycles. The number of nitrogens with one attached hydrogen (secondary N) is 1. The topological polar surface area (TPSA) is 96.7 Å². The molecular formula is C17H19N3O4. The fourth-order valence-electron chi connectivity index (χ4n) is 2.73. The number of aliphatic hydroxyl groups excluding tert-OH is 1. The van der Waals surface area contributed by atoms with E-state index in [0.29, 0.717) is 12.0 Å². The third-order valence-corrected chi connectivity index (χ3v) is 4.05. The Morgan fingerprint density at radius 1 is 1.38 bits per heavy atom. The molecule has 7 heteroatoms. The molecular weight excluding hydrogens is 310 g/mol. The number of aliphatic hydroxyl groups is 1. The van der Waals surface area contributed by atoms with Gasteiger partial charge in [0.2, 0.25) is 0 Å². The Labute approximate surface area is 138 Å². The van der Waals surface area contributed by atoms with Gasteiger partial charge in [-0.15, -0.1) is 0 Å². The van der Waals surface area contributed by atoms with Gasteiger partial charge in [0.15, 0.2) is 0 Å². The monoisotopic (exact) mass is 329 g/mol. The van der Waals surface area contributed by atoms with Crippen LogP contribution in [0.25, 0.3) is 0 Å². The van der Waals surface area contributed by atoms with E-state index in [-0.39, 0.29) is 12.6 Å². The standard InChI is InChI=1S/C17H19N3O4/c1-11-9-20(17(23)19-16(11)22)15-7-13(14(10-21)24-15)18-8-12-5-3-2-4-6-12/h2-6,8-9,13-15,21H,7,10H2,1H3,(H,19,22,23)/t13-,14+,15+/m0/s1. The van der Waals surface area contributed by atoms with Gasteiger partial charge < -0.3 is 9.84 Å². The highest BCUT2D eigenvalue weighted by Crippen LogP contribution is 2.29. The number of benzene rings is 1. The summed E-state index contributed by atoms with van der Waals surface area (Å²) in [4.78, 5) is 30.2. The van der Waals surface area contributed by atoms with Crippen LogP contribution in [0.2, 0.25) is 0 Å². The van der Waals surface area contributed by atoms with Crippen LogP contribution >= 0.6 is 0 Å². The van der Waals surface area contributed by atoms with Crippen molar-refractivity contribution in [2.75, 3.05) is 6.61 Å². The average Bonchev–Trinajstić information content (AvgIpc) is 3.00. The molecule has 0 unspecified atom stereocenters. The molecule has 3 atom stereocenters. The van der Waals surface area contributed by atoms with Crippen molar-refractivity contribution in [2.24, 2.45) is 4.99 Å². The second-order valence-electron chi connectivity index (χ2n) is 5.78. The molecule has 1 aliphatic heterocycles. The molecule has 0 aliphatic carbocycles. The molecule has 24 heavy (non-hydrogen) atoms. The number of hydrogen-bond acceptors (Lipinski definition) is 5. The molecule has 0 spiro atoms. The minimum atomic E-state index is -0.567. The van der Waals surface area contributed by atoms with E-state index in [1.807, 2.05) is 30.3 Å². The van der Waals surface area contributed by atoms with Crippen LogP contribution in [-0.2, 0) is 4.74 Å². The molecule has 1 aromatic heterocycles. The Morgan fingerprint density at radius 3 is 2.83 bits per heavy atom. The lowest BCUT2D eigenvalue weighted by atomic mass is 10.1. The fourth-order valence-corrected chi connectivity index (χ4v) is 2.73. The number of aryl methyl sites for hydroxylation is 1. The summed E-state index contributed by atoms with van der Waals surface area (Å²) in [5.74, 6) is 0. The van der Waals surface area contributed by atoms with Crippen LogP contribution in [0, 0.1) is 6.92 Å². The van der Waals surface area contributed by atoms with Crippen molar-refractivity contribution in [1.82, 2.24) is 9.55 Å². The van der Waals surface area contributed by atoms with Gasteiger partial charge >= 0.3 is 5.69 Å². The summed E-state index contributed by atoms with van der Waals surface area (Å²) in [7, 11) is 0. The minimum Gasteiger partial charge on any atom is -0.394 e. The van der Waals surface area contributed by atoms with Gasteiger partial charge in [0, 0.05) is 24.4 Å². The second-order valence-corrected chi connectivity index (χ2v) is 5.78. The molecule has 0 radical (unpaired) electrons. The van der Waals surface area contributed by atoms with E-state index < -0.39 is 23.6 Å². The predicted molar refractivity (Wildman–Crippen MR) is 89.5 cm³/mol. The SMILES string of the molecule is Cc1cn([C@H]2C[C@H](N=Cc3ccccc3)[C@@H](CO)O2)c(=O)[nH]c1=O. The van der Waals surface area contributed by atoms with Crippen molar-refractivity contribution in [3.63, 3.8) is 0 Å². The molecule has 126 valence electrons. The van der Waals surface area contributed by atoms with Gasteiger partial charge in [-0.05, 0) is 12.5 Å². The third kappa shape index (κ3) is 3.37. The van der Waals surface area contributed by atoms with E-state index in [2.05, 4.69) is 9.98 Å². The lowest BCUT2D eigenvalue weighted by Gasteiger charge is -2.14. The smallest absolute Gasteiger partial charge is 0.330 e. The molecule has 1 saturated heterocycles. The van der Waals surface area contributed by atoms with Crippen molar-refractivity contribution in [2.45, 2.75) is 31.7 Å². The van der Waals surface area contributed by atoms with Gasteiger partial charge in [-0.1, -0.05) is 30.3 Å². The number of aliphatic imine (C=N–C) groups is 1. The first kappa shape index (κ1) is 16.4. The summed E-state index contributed by atoms with van der Waals surface area (Å²) in [5, 5.41) is 9.52. The van der Waals surface area contributed by atoms with E-state index in [0.717, 1.165) is 5.56 Å². The number of ether oxygens (including phenoxy) is 1. The van der Waals surface area contributed by atoms with E-state index in [9.17, 15) is 14.7 Å². The zero-order valence-corrected chi connectivity index (χ0v) is 13.3. The lowest BCUT2D eigenvalue weighted by Crippen LogP contribution is -2.33. The molecule has 0 amide bonds. The van der Waals surface area contributed by atoms with Crippen molar-refractivity contribution >= 4 is 6.21 Å². The number of nitrogens with zero attached hydrogens (tertiary/aromatic N) is 2.